The molecule has 0 radical (unpaired) electrons. The molecule has 3 rings (SSSR count). The van der Waals surface area contributed by atoms with Gasteiger partial charge in [0.1, 0.15) is 11.8 Å². The van der Waals surface area contributed by atoms with E-state index in [0.717, 1.165) is 9.79 Å². The van der Waals surface area contributed by atoms with Crippen molar-refractivity contribution in [3.8, 4) is 11.8 Å². The highest BCUT2D eigenvalue weighted by Crippen LogP contribution is 2.33. The van der Waals surface area contributed by atoms with Crippen LogP contribution in [0.25, 0.3) is 0 Å². The SMILES string of the molecule is CCOc1cccc(NC(=O)c2ccccc2Sc2ccccc2C#N)c1. The van der Waals surface area contributed by atoms with Crippen LogP contribution in [0.1, 0.15) is 22.8 Å². The van der Waals surface area contributed by atoms with E-state index in [-0.39, 0.29) is 5.91 Å². The summed E-state index contributed by atoms with van der Waals surface area (Å²) in [5.41, 5.74) is 1.81. The second kappa shape index (κ2) is 8.93. The number of nitrogens with one attached hydrogen (secondary N) is 1. The Morgan fingerprint density at radius 3 is 2.56 bits per heavy atom. The van der Waals surface area contributed by atoms with Gasteiger partial charge in [-0.25, -0.2) is 0 Å². The van der Waals surface area contributed by atoms with E-state index >= 15 is 0 Å². The second-order valence-corrected chi connectivity index (χ2v) is 6.70. The molecule has 1 N–H and O–H groups in total. The summed E-state index contributed by atoms with van der Waals surface area (Å²) in [5, 5.41) is 12.2. The first-order valence-corrected chi connectivity index (χ1v) is 9.33. The molecule has 5 heteroatoms. The highest BCUT2D eigenvalue weighted by Gasteiger charge is 2.14. The first-order valence-electron chi connectivity index (χ1n) is 8.51. The summed E-state index contributed by atoms with van der Waals surface area (Å²) >= 11 is 1.41. The molecule has 3 aromatic carbocycles. The monoisotopic (exact) mass is 374 g/mol. The number of hydrogen-bond donors (Lipinski definition) is 1. The summed E-state index contributed by atoms with van der Waals surface area (Å²) in [6.07, 6.45) is 0. The van der Waals surface area contributed by atoms with Crippen molar-refractivity contribution in [1.29, 1.82) is 5.26 Å². The maximum atomic E-state index is 12.8. The Morgan fingerprint density at radius 2 is 1.78 bits per heavy atom. The van der Waals surface area contributed by atoms with Crippen LogP contribution >= 0.6 is 11.8 Å². The normalized spacial score (nSPS) is 10.1. The van der Waals surface area contributed by atoms with Gasteiger partial charge < -0.3 is 10.1 Å². The van der Waals surface area contributed by atoms with Crippen LogP contribution in [0.3, 0.4) is 0 Å². The lowest BCUT2D eigenvalue weighted by molar-refractivity contribution is 0.102. The molecule has 0 saturated carbocycles. The zero-order valence-corrected chi connectivity index (χ0v) is 15.6. The van der Waals surface area contributed by atoms with Gasteiger partial charge in [-0.05, 0) is 43.3 Å². The number of anilines is 1. The fourth-order valence-electron chi connectivity index (χ4n) is 2.54. The van der Waals surface area contributed by atoms with E-state index in [9.17, 15) is 10.1 Å². The van der Waals surface area contributed by atoms with Gasteiger partial charge in [-0.2, -0.15) is 5.26 Å². The molecule has 0 bridgehead atoms. The molecule has 0 heterocycles. The second-order valence-electron chi connectivity index (χ2n) is 5.62. The lowest BCUT2D eigenvalue weighted by atomic mass is 10.2. The third-order valence-electron chi connectivity index (χ3n) is 3.76. The number of nitriles is 1. The zero-order valence-electron chi connectivity index (χ0n) is 14.8. The predicted octanol–water partition coefficient (Wildman–Crippen LogP) is 5.36. The Kier molecular flexibility index (Phi) is 6.14. The summed E-state index contributed by atoms with van der Waals surface area (Å²) < 4.78 is 5.48. The molecule has 134 valence electrons. The summed E-state index contributed by atoms with van der Waals surface area (Å²) in [4.78, 5) is 14.4. The van der Waals surface area contributed by atoms with Crippen LogP contribution in [0, 0.1) is 11.3 Å². The van der Waals surface area contributed by atoms with Gasteiger partial charge >= 0.3 is 0 Å². The third-order valence-corrected chi connectivity index (χ3v) is 4.91. The summed E-state index contributed by atoms with van der Waals surface area (Å²) in [6, 6.07) is 24.2. The lowest BCUT2D eigenvalue weighted by Gasteiger charge is -2.11. The Balaban J connectivity index is 1.84. The van der Waals surface area contributed by atoms with Crippen LogP contribution in [0.4, 0.5) is 5.69 Å². The van der Waals surface area contributed by atoms with Gasteiger partial charge in [-0.15, -0.1) is 0 Å². The number of nitrogens with zero attached hydrogens (tertiary/aromatic N) is 1. The van der Waals surface area contributed by atoms with Gasteiger partial charge in [-0.3, -0.25) is 4.79 Å². The number of hydrogen-bond acceptors (Lipinski definition) is 4. The van der Waals surface area contributed by atoms with Crippen molar-refractivity contribution in [2.24, 2.45) is 0 Å². The molecule has 1 amide bonds. The van der Waals surface area contributed by atoms with Crippen LogP contribution in [-0.4, -0.2) is 12.5 Å². The predicted molar refractivity (Wildman–Crippen MR) is 107 cm³/mol. The fraction of sp³-hybridized carbons (Fsp3) is 0.0909. The average molecular weight is 374 g/mol. The molecule has 0 unspecified atom stereocenters. The molecular formula is C22H18N2O2S. The molecule has 0 spiro atoms. The van der Waals surface area contributed by atoms with Gasteiger partial charge in [-0.1, -0.05) is 42.1 Å². The van der Waals surface area contributed by atoms with Gasteiger partial charge in [0.2, 0.25) is 0 Å². The van der Waals surface area contributed by atoms with Crippen molar-refractivity contribution in [2.45, 2.75) is 16.7 Å². The molecule has 0 aromatic heterocycles. The molecule has 0 atom stereocenters. The van der Waals surface area contributed by atoms with E-state index in [4.69, 9.17) is 4.74 Å². The maximum absolute atomic E-state index is 12.8. The summed E-state index contributed by atoms with van der Waals surface area (Å²) in [6.45, 7) is 2.48. The third kappa shape index (κ3) is 4.69. The Hall–Kier alpha value is -3.23. The van der Waals surface area contributed by atoms with E-state index in [2.05, 4.69) is 11.4 Å². The average Bonchev–Trinajstić information content (AvgIpc) is 2.69. The number of amides is 1. The van der Waals surface area contributed by atoms with Crippen LogP contribution < -0.4 is 10.1 Å². The molecule has 3 aromatic rings. The molecule has 0 aliphatic heterocycles. The van der Waals surface area contributed by atoms with E-state index in [0.29, 0.717) is 29.2 Å². The van der Waals surface area contributed by atoms with Crippen molar-refractivity contribution in [1.82, 2.24) is 0 Å². The van der Waals surface area contributed by atoms with E-state index in [1.165, 1.54) is 11.8 Å². The first kappa shape index (κ1) is 18.6. The van der Waals surface area contributed by atoms with Gasteiger partial charge in [0.15, 0.2) is 0 Å². The van der Waals surface area contributed by atoms with Crippen molar-refractivity contribution < 1.29 is 9.53 Å². The van der Waals surface area contributed by atoms with Crippen molar-refractivity contribution in [2.75, 3.05) is 11.9 Å². The van der Waals surface area contributed by atoms with Crippen molar-refractivity contribution in [3.63, 3.8) is 0 Å². The fourth-order valence-corrected chi connectivity index (χ4v) is 3.56. The maximum Gasteiger partial charge on any atom is 0.256 e. The zero-order chi connectivity index (χ0) is 19.1. The molecule has 0 aliphatic carbocycles. The smallest absolute Gasteiger partial charge is 0.256 e. The summed E-state index contributed by atoms with van der Waals surface area (Å²) in [7, 11) is 0. The lowest BCUT2D eigenvalue weighted by Crippen LogP contribution is -2.13. The number of benzene rings is 3. The molecule has 0 saturated heterocycles. The minimum absolute atomic E-state index is 0.207. The first-order chi connectivity index (χ1) is 13.2. The van der Waals surface area contributed by atoms with E-state index in [1.807, 2.05) is 61.5 Å². The number of carbonyl (C=O) groups excluding carboxylic acids is 1. The summed E-state index contributed by atoms with van der Waals surface area (Å²) in [5.74, 6) is 0.502. The van der Waals surface area contributed by atoms with Crippen LogP contribution in [0.2, 0.25) is 0 Å². The molecule has 27 heavy (non-hydrogen) atoms. The van der Waals surface area contributed by atoms with Crippen LogP contribution in [-0.2, 0) is 0 Å². The van der Waals surface area contributed by atoms with Crippen molar-refractivity contribution in [3.05, 3.63) is 83.9 Å². The standard InChI is InChI=1S/C22H18N2O2S/c1-2-26-18-10-7-9-17(14-18)24-22(25)19-11-4-6-13-21(19)27-20-12-5-3-8-16(20)15-23/h3-14H,2H2,1H3,(H,24,25). The Labute approximate surface area is 162 Å². The van der Waals surface area contributed by atoms with Gasteiger partial charge in [0, 0.05) is 21.5 Å². The molecule has 0 aliphatic rings. The minimum atomic E-state index is -0.207. The topological polar surface area (TPSA) is 62.1 Å². The molecule has 4 nitrogen and oxygen atoms in total. The minimum Gasteiger partial charge on any atom is -0.494 e. The highest BCUT2D eigenvalue weighted by molar-refractivity contribution is 7.99. The van der Waals surface area contributed by atoms with Crippen LogP contribution in [0.15, 0.2) is 82.6 Å². The number of rotatable bonds is 6. The van der Waals surface area contributed by atoms with E-state index in [1.54, 1.807) is 18.2 Å². The highest BCUT2D eigenvalue weighted by atomic mass is 32.2. The molecular weight excluding hydrogens is 356 g/mol. The number of ether oxygens (including phenoxy) is 1. The van der Waals surface area contributed by atoms with E-state index < -0.39 is 0 Å². The van der Waals surface area contributed by atoms with Gasteiger partial charge in [0.05, 0.1) is 17.7 Å². The largest absolute Gasteiger partial charge is 0.494 e. The Bertz CT molecular complexity index is 995. The Morgan fingerprint density at radius 1 is 1.04 bits per heavy atom. The van der Waals surface area contributed by atoms with Gasteiger partial charge in [0.25, 0.3) is 5.91 Å². The van der Waals surface area contributed by atoms with Crippen molar-refractivity contribution >= 4 is 23.4 Å². The molecule has 0 fully saturated rings. The quantitative estimate of drug-likeness (QED) is 0.631. The number of carbonyl (C=O) groups is 1. The van der Waals surface area contributed by atoms with Crippen LogP contribution in [0.5, 0.6) is 5.75 Å².